The zero-order valence-electron chi connectivity index (χ0n) is 15.2. The molecular weight excluding hydrogens is 360 g/mol. The lowest BCUT2D eigenvalue weighted by molar-refractivity contribution is 0.518. The molecule has 0 amide bonds. The van der Waals surface area contributed by atoms with E-state index in [0.717, 1.165) is 16.8 Å². The largest absolute Gasteiger partial charge is 0.308 e. The second kappa shape index (κ2) is 7.86. The van der Waals surface area contributed by atoms with Crippen LogP contribution in [0.5, 0.6) is 0 Å². The van der Waals surface area contributed by atoms with Crippen molar-refractivity contribution >= 4 is 21.6 Å². The minimum Gasteiger partial charge on any atom is -0.308 e. The number of nitrogens with one attached hydrogen (secondary N) is 1. The molecule has 0 bridgehead atoms. The smallest absolute Gasteiger partial charge is 0.242 e. The minimum atomic E-state index is -3.48. The van der Waals surface area contributed by atoms with Gasteiger partial charge in [0.1, 0.15) is 5.15 Å². The lowest BCUT2D eigenvalue weighted by Crippen LogP contribution is -2.24. The van der Waals surface area contributed by atoms with Crippen LogP contribution in [0.4, 0.5) is 0 Å². The molecule has 138 valence electrons. The normalized spacial score (nSPS) is 12.3. The fraction of sp³-hybridized carbons (Fsp3) is 0.471. The third-order valence-electron chi connectivity index (χ3n) is 4.00. The van der Waals surface area contributed by atoms with Crippen molar-refractivity contribution < 1.29 is 8.42 Å². The van der Waals surface area contributed by atoms with Crippen LogP contribution in [-0.2, 0) is 30.2 Å². The summed E-state index contributed by atoms with van der Waals surface area (Å²) in [5.41, 5.74) is 2.63. The van der Waals surface area contributed by atoms with E-state index in [1.807, 2.05) is 19.2 Å². The van der Waals surface area contributed by atoms with Crippen LogP contribution in [0.1, 0.15) is 36.6 Å². The molecule has 0 unspecified atom stereocenters. The summed E-state index contributed by atoms with van der Waals surface area (Å²) in [4.78, 5) is 0.314. The van der Waals surface area contributed by atoms with E-state index in [0.29, 0.717) is 23.1 Å². The number of rotatable bonds is 7. The van der Waals surface area contributed by atoms with Gasteiger partial charge in [-0.2, -0.15) is 5.10 Å². The van der Waals surface area contributed by atoms with E-state index in [-0.39, 0.29) is 5.92 Å². The number of nitrogens with zero attached hydrogens (tertiary/aromatic N) is 3. The molecule has 25 heavy (non-hydrogen) atoms. The summed E-state index contributed by atoms with van der Waals surface area (Å²) < 4.78 is 27.8. The summed E-state index contributed by atoms with van der Waals surface area (Å²) in [6.07, 6.45) is 0. The number of aryl methyl sites for hydroxylation is 1. The van der Waals surface area contributed by atoms with Gasteiger partial charge in [-0.25, -0.2) is 12.7 Å². The second-order valence-electron chi connectivity index (χ2n) is 6.43. The third-order valence-corrected chi connectivity index (χ3v) is 6.38. The maximum absolute atomic E-state index is 12.5. The third kappa shape index (κ3) is 4.23. The molecule has 2 rings (SSSR count). The summed E-state index contributed by atoms with van der Waals surface area (Å²) in [6, 6.07) is 7.01. The first-order valence-corrected chi connectivity index (χ1v) is 9.90. The Hall–Kier alpha value is -1.41. The first kappa shape index (κ1) is 19.9. The van der Waals surface area contributed by atoms with Crippen LogP contribution in [0.15, 0.2) is 29.2 Å². The van der Waals surface area contributed by atoms with Crippen molar-refractivity contribution in [1.82, 2.24) is 19.4 Å². The Bertz CT molecular complexity index is 844. The number of hydrogen-bond acceptors (Lipinski definition) is 4. The van der Waals surface area contributed by atoms with Crippen molar-refractivity contribution in [2.45, 2.75) is 37.8 Å². The minimum absolute atomic E-state index is 0.261. The molecule has 0 aliphatic carbocycles. The predicted molar refractivity (Wildman–Crippen MR) is 100 cm³/mol. The number of hydrogen-bond donors (Lipinski definition) is 1. The van der Waals surface area contributed by atoms with Gasteiger partial charge in [0.25, 0.3) is 0 Å². The highest BCUT2D eigenvalue weighted by Gasteiger charge is 2.21. The van der Waals surface area contributed by atoms with Crippen molar-refractivity contribution in [3.63, 3.8) is 0 Å². The number of sulfonamides is 1. The first-order valence-electron chi connectivity index (χ1n) is 8.08. The highest BCUT2D eigenvalue weighted by Crippen LogP contribution is 2.25. The van der Waals surface area contributed by atoms with Gasteiger partial charge in [0.15, 0.2) is 0 Å². The molecule has 0 aliphatic heterocycles. The van der Waals surface area contributed by atoms with E-state index in [1.54, 1.807) is 16.8 Å². The molecule has 6 nitrogen and oxygen atoms in total. The summed E-state index contributed by atoms with van der Waals surface area (Å²) in [6.45, 7) is 5.09. The van der Waals surface area contributed by atoms with Gasteiger partial charge >= 0.3 is 0 Å². The highest BCUT2D eigenvalue weighted by molar-refractivity contribution is 7.89. The Morgan fingerprint density at radius 2 is 1.88 bits per heavy atom. The average molecular weight is 385 g/mol. The molecule has 1 heterocycles. The molecule has 0 atom stereocenters. The molecule has 1 aromatic heterocycles. The van der Waals surface area contributed by atoms with Gasteiger partial charge in [-0.1, -0.05) is 43.6 Å². The Kier molecular flexibility index (Phi) is 6.26. The summed E-state index contributed by atoms with van der Waals surface area (Å²) >= 11 is 6.34. The van der Waals surface area contributed by atoms with E-state index >= 15 is 0 Å². The summed E-state index contributed by atoms with van der Waals surface area (Å²) in [5, 5.41) is 8.36. The molecule has 8 heteroatoms. The first-order chi connectivity index (χ1) is 11.7. The molecule has 0 saturated carbocycles. The van der Waals surface area contributed by atoms with Crippen LogP contribution < -0.4 is 5.32 Å². The van der Waals surface area contributed by atoms with E-state index in [9.17, 15) is 8.42 Å². The fourth-order valence-electron chi connectivity index (χ4n) is 2.61. The summed E-state index contributed by atoms with van der Waals surface area (Å²) in [5.74, 6) is 0.261. The molecule has 0 radical (unpaired) electrons. The van der Waals surface area contributed by atoms with Gasteiger partial charge in [-0.05, 0) is 17.5 Å². The SMILES string of the molecule is CC(C)c1nn(C)c(Cl)c1CNCc1ccccc1S(=O)(=O)N(C)C. The molecule has 1 aromatic carbocycles. The fourth-order valence-corrected chi connectivity index (χ4v) is 3.93. The van der Waals surface area contributed by atoms with Crippen molar-refractivity contribution in [3.05, 3.63) is 46.2 Å². The average Bonchev–Trinajstić information content (AvgIpc) is 2.83. The topological polar surface area (TPSA) is 67.2 Å². The van der Waals surface area contributed by atoms with Crippen LogP contribution in [-0.4, -0.2) is 36.6 Å². The van der Waals surface area contributed by atoms with Crippen LogP contribution >= 0.6 is 11.6 Å². The molecule has 0 fully saturated rings. The van der Waals surface area contributed by atoms with Gasteiger partial charge in [-0.15, -0.1) is 0 Å². The van der Waals surface area contributed by atoms with Crippen molar-refractivity contribution in [2.75, 3.05) is 14.1 Å². The zero-order valence-corrected chi connectivity index (χ0v) is 16.8. The highest BCUT2D eigenvalue weighted by atomic mass is 35.5. The molecule has 0 spiro atoms. The quantitative estimate of drug-likeness (QED) is 0.797. The molecule has 1 N–H and O–H groups in total. The van der Waals surface area contributed by atoms with E-state index in [1.165, 1.54) is 18.4 Å². The van der Waals surface area contributed by atoms with Gasteiger partial charge in [0.2, 0.25) is 10.0 Å². The van der Waals surface area contributed by atoms with Gasteiger partial charge in [-0.3, -0.25) is 4.68 Å². The van der Waals surface area contributed by atoms with E-state index in [4.69, 9.17) is 11.6 Å². The standard InChI is InChI=1S/C17H25ClN4O2S/c1-12(2)16-14(17(18)22(5)20-16)11-19-10-13-8-6-7-9-15(13)25(23,24)21(3)4/h6-9,12,19H,10-11H2,1-5H3. The van der Waals surface area contributed by atoms with Gasteiger partial charge < -0.3 is 5.32 Å². The Balaban J connectivity index is 2.20. The number of aromatic nitrogens is 2. The van der Waals surface area contributed by atoms with Crippen molar-refractivity contribution in [2.24, 2.45) is 7.05 Å². The van der Waals surface area contributed by atoms with E-state index in [2.05, 4.69) is 24.3 Å². The van der Waals surface area contributed by atoms with Crippen molar-refractivity contribution in [3.8, 4) is 0 Å². The number of benzene rings is 1. The predicted octanol–water partition coefficient (Wildman–Crippen LogP) is 2.74. The number of halogens is 1. The van der Waals surface area contributed by atoms with Crippen molar-refractivity contribution in [1.29, 1.82) is 0 Å². The molecule has 0 aliphatic rings. The van der Waals surface area contributed by atoms with Crippen LogP contribution in [0, 0.1) is 0 Å². The monoisotopic (exact) mass is 384 g/mol. The second-order valence-corrected chi connectivity index (χ2v) is 8.91. The summed E-state index contributed by atoms with van der Waals surface area (Å²) in [7, 11) is 1.40. The molecular formula is C17H25ClN4O2S. The lowest BCUT2D eigenvalue weighted by atomic mass is 10.1. The van der Waals surface area contributed by atoms with Crippen LogP contribution in [0.25, 0.3) is 0 Å². The molecule has 0 saturated heterocycles. The Morgan fingerprint density at radius 3 is 2.48 bits per heavy atom. The van der Waals surface area contributed by atoms with Crippen LogP contribution in [0.2, 0.25) is 5.15 Å². The molecule has 2 aromatic rings. The maximum Gasteiger partial charge on any atom is 0.242 e. The zero-order chi connectivity index (χ0) is 18.8. The van der Waals surface area contributed by atoms with Gasteiger partial charge in [0.05, 0.1) is 10.6 Å². The lowest BCUT2D eigenvalue weighted by Gasteiger charge is -2.15. The van der Waals surface area contributed by atoms with Crippen LogP contribution in [0.3, 0.4) is 0 Å². The van der Waals surface area contributed by atoms with Gasteiger partial charge in [0, 0.05) is 39.8 Å². The van der Waals surface area contributed by atoms with E-state index < -0.39 is 10.0 Å². The maximum atomic E-state index is 12.5. The Morgan fingerprint density at radius 1 is 1.24 bits per heavy atom. The Labute approximate surface area is 154 Å².